The van der Waals surface area contributed by atoms with Crippen LogP contribution in [0.4, 0.5) is 13.2 Å². The monoisotopic (exact) mass is 377 g/mol. The van der Waals surface area contributed by atoms with Crippen LogP contribution in [0.2, 0.25) is 0 Å². The number of halogens is 4. The van der Waals surface area contributed by atoms with E-state index >= 15 is 0 Å². The molecule has 1 aromatic heterocycles. The van der Waals surface area contributed by atoms with Gasteiger partial charge in [-0.25, -0.2) is 0 Å². The average Bonchev–Trinajstić information content (AvgIpc) is 2.91. The van der Waals surface area contributed by atoms with Gasteiger partial charge in [-0.1, -0.05) is 17.3 Å². The first-order valence-electron chi connectivity index (χ1n) is 7.01. The van der Waals surface area contributed by atoms with Gasteiger partial charge in [-0.15, -0.1) is 12.4 Å². The zero-order valence-electron chi connectivity index (χ0n) is 12.4. The minimum atomic E-state index is -4.28. The van der Waals surface area contributed by atoms with Crippen molar-refractivity contribution in [3.8, 4) is 0 Å². The van der Waals surface area contributed by atoms with Gasteiger partial charge in [-0.2, -0.15) is 18.2 Å². The molecule has 4 nitrogen and oxygen atoms in total. The van der Waals surface area contributed by atoms with Gasteiger partial charge in [-0.05, 0) is 54.8 Å². The molecule has 2 N–H and O–H groups in total. The molecule has 0 aliphatic heterocycles. The van der Waals surface area contributed by atoms with Crippen LogP contribution in [0.15, 0.2) is 33.7 Å². The van der Waals surface area contributed by atoms with E-state index in [1.165, 1.54) is 12.1 Å². The molecule has 1 aromatic carbocycles. The molecule has 2 aromatic rings. The van der Waals surface area contributed by atoms with Crippen molar-refractivity contribution in [2.45, 2.75) is 35.2 Å². The summed E-state index contributed by atoms with van der Waals surface area (Å²) in [5.41, 5.74) is 2.09. The summed E-state index contributed by atoms with van der Waals surface area (Å²) in [6.45, 7) is 0. The van der Waals surface area contributed by atoms with E-state index < -0.39 is 11.0 Å². The zero-order valence-corrected chi connectivity index (χ0v) is 14.0. The van der Waals surface area contributed by atoms with Crippen LogP contribution in [0.1, 0.15) is 36.5 Å². The third kappa shape index (κ3) is 4.52. The summed E-state index contributed by atoms with van der Waals surface area (Å²) in [6.07, 6.45) is 6.05. The van der Waals surface area contributed by atoms with Gasteiger partial charge in [0, 0.05) is 11.0 Å². The largest absolute Gasteiger partial charge is 0.446 e. The molecule has 0 unspecified atom stereocenters. The molecule has 3 rings (SSSR count). The van der Waals surface area contributed by atoms with Crippen LogP contribution in [0.25, 0.3) is 12.2 Å². The van der Waals surface area contributed by atoms with Gasteiger partial charge in [0.2, 0.25) is 0 Å². The van der Waals surface area contributed by atoms with Crippen molar-refractivity contribution < 1.29 is 17.7 Å². The normalized spacial score (nSPS) is 16.7. The summed E-state index contributed by atoms with van der Waals surface area (Å²) < 4.78 is 41.9. The molecular formula is C15H15ClF3N3OS. The fourth-order valence-electron chi connectivity index (χ4n) is 2.23. The van der Waals surface area contributed by atoms with Crippen molar-refractivity contribution in [1.82, 2.24) is 10.1 Å². The van der Waals surface area contributed by atoms with Crippen molar-refractivity contribution in [3.63, 3.8) is 0 Å². The highest BCUT2D eigenvalue weighted by atomic mass is 35.5. The molecule has 1 aliphatic rings. The summed E-state index contributed by atoms with van der Waals surface area (Å²) in [5, 5.41) is 3.89. The van der Waals surface area contributed by atoms with Crippen LogP contribution in [0, 0.1) is 0 Å². The number of alkyl halides is 3. The van der Waals surface area contributed by atoms with Gasteiger partial charge in [-0.3, -0.25) is 0 Å². The van der Waals surface area contributed by atoms with Crippen LogP contribution < -0.4 is 5.73 Å². The van der Waals surface area contributed by atoms with Crippen molar-refractivity contribution in [1.29, 1.82) is 0 Å². The molecule has 1 heterocycles. The summed E-state index contributed by atoms with van der Waals surface area (Å²) in [7, 11) is 0. The van der Waals surface area contributed by atoms with Crippen LogP contribution in [0.3, 0.4) is 0 Å². The first-order valence-corrected chi connectivity index (χ1v) is 7.83. The van der Waals surface area contributed by atoms with Gasteiger partial charge in [0.25, 0.3) is 5.89 Å². The smallest absolute Gasteiger partial charge is 0.335 e. The number of rotatable bonds is 4. The lowest BCUT2D eigenvalue weighted by molar-refractivity contribution is -0.0328. The highest BCUT2D eigenvalue weighted by molar-refractivity contribution is 8.00. The van der Waals surface area contributed by atoms with Crippen LogP contribution in [-0.4, -0.2) is 15.6 Å². The summed E-state index contributed by atoms with van der Waals surface area (Å²) >= 11 is -0.140. The van der Waals surface area contributed by atoms with E-state index in [1.807, 2.05) is 0 Å². The molecule has 1 fully saturated rings. The number of hydrogen-bond acceptors (Lipinski definition) is 5. The number of aromatic nitrogens is 2. The molecule has 0 amide bonds. The van der Waals surface area contributed by atoms with E-state index in [0.717, 1.165) is 24.8 Å². The lowest BCUT2D eigenvalue weighted by Crippen LogP contribution is -2.44. The number of nitrogens with two attached hydrogens (primary N) is 1. The van der Waals surface area contributed by atoms with E-state index in [-0.39, 0.29) is 29.1 Å². The molecule has 130 valence electrons. The Hall–Kier alpha value is -1.51. The Morgan fingerprint density at radius 3 is 2.38 bits per heavy atom. The zero-order chi connectivity index (χ0) is 16.5. The topological polar surface area (TPSA) is 64.9 Å². The second-order valence-electron chi connectivity index (χ2n) is 5.42. The standard InChI is InChI=1S/C15H14F3N3OS.ClH/c16-15(17,18)23-11-5-2-10(3-6-11)4-7-12-20-13(21-22-12)14(19)8-1-9-14;/h2-7H,1,8-9,19H2;1H/b7-4+;. The number of thioether (sulfide) groups is 1. The molecule has 0 radical (unpaired) electrons. The van der Waals surface area contributed by atoms with Gasteiger partial charge in [0.15, 0.2) is 5.82 Å². The van der Waals surface area contributed by atoms with E-state index in [9.17, 15) is 13.2 Å². The molecule has 24 heavy (non-hydrogen) atoms. The van der Waals surface area contributed by atoms with Gasteiger partial charge in [0.1, 0.15) is 0 Å². The van der Waals surface area contributed by atoms with E-state index in [0.29, 0.717) is 11.7 Å². The second kappa shape index (κ2) is 7.16. The van der Waals surface area contributed by atoms with Crippen molar-refractivity contribution in [2.75, 3.05) is 0 Å². The minimum absolute atomic E-state index is 0. The molecule has 0 saturated heterocycles. The average molecular weight is 378 g/mol. The number of nitrogens with zero attached hydrogens (tertiary/aromatic N) is 2. The van der Waals surface area contributed by atoms with Gasteiger partial charge < -0.3 is 10.3 Å². The van der Waals surface area contributed by atoms with E-state index in [4.69, 9.17) is 10.3 Å². The van der Waals surface area contributed by atoms with Crippen LogP contribution in [0.5, 0.6) is 0 Å². The number of hydrogen-bond donors (Lipinski definition) is 1. The third-order valence-corrected chi connectivity index (χ3v) is 4.40. The molecule has 0 spiro atoms. The Balaban J connectivity index is 0.00000208. The molecule has 1 saturated carbocycles. The third-order valence-electron chi connectivity index (χ3n) is 3.66. The fraction of sp³-hybridized carbons (Fsp3) is 0.333. The first kappa shape index (κ1) is 18.8. The highest BCUT2D eigenvalue weighted by Gasteiger charge is 2.38. The Labute approximate surface area is 147 Å². The van der Waals surface area contributed by atoms with E-state index in [1.54, 1.807) is 24.3 Å². The minimum Gasteiger partial charge on any atom is -0.335 e. The molecular weight excluding hydrogens is 363 g/mol. The maximum absolute atomic E-state index is 12.3. The van der Waals surface area contributed by atoms with Gasteiger partial charge >= 0.3 is 5.51 Å². The predicted octanol–water partition coefficient (Wildman–Crippen LogP) is 4.61. The predicted molar refractivity (Wildman–Crippen MR) is 88.5 cm³/mol. The Kier molecular flexibility index (Phi) is 5.62. The summed E-state index contributed by atoms with van der Waals surface area (Å²) in [5.74, 6) is 0.825. The lowest BCUT2D eigenvalue weighted by atomic mass is 9.77. The van der Waals surface area contributed by atoms with Crippen LogP contribution >= 0.6 is 24.2 Å². The molecule has 0 bridgehead atoms. The maximum Gasteiger partial charge on any atom is 0.446 e. The summed E-state index contributed by atoms with van der Waals surface area (Å²) in [6, 6.07) is 6.02. The van der Waals surface area contributed by atoms with Crippen molar-refractivity contribution >= 4 is 36.3 Å². The molecule has 0 atom stereocenters. The Bertz CT molecular complexity index is 711. The molecule has 1 aliphatic carbocycles. The van der Waals surface area contributed by atoms with Crippen molar-refractivity contribution in [2.24, 2.45) is 5.73 Å². The lowest BCUT2D eigenvalue weighted by Gasteiger charge is -2.34. The van der Waals surface area contributed by atoms with Gasteiger partial charge in [0.05, 0.1) is 5.54 Å². The van der Waals surface area contributed by atoms with Crippen molar-refractivity contribution in [3.05, 3.63) is 41.5 Å². The SMILES string of the molecule is Cl.NC1(c2noc(/C=C/c3ccc(SC(F)(F)F)cc3)n2)CCC1. The number of benzene rings is 1. The molecule has 9 heteroatoms. The summed E-state index contributed by atoms with van der Waals surface area (Å²) in [4.78, 5) is 4.39. The van der Waals surface area contributed by atoms with Crippen LogP contribution in [-0.2, 0) is 5.54 Å². The van der Waals surface area contributed by atoms with E-state index in [2.05, 4.69) is 10.1 Å². The highest BCUT2D eigenvalue weighted by Crippen LogP contribution is 2.37. The quantitative estimate of drug-likeness (QED) is 0.788. The maximum atomic E-state index is 12.3. The second-order valence-corrected chi connectivity index (χ2v) is 6.55. The first-order chi connectivity index (χ1) is 10.8. The fourth-order valence-corrected chi connectivity index (χ4v) is 2.77. The Morgan fingerprint density at radius 1 is 1.17 bits per heavy atom. The Morgan fingerprint density at radius 2 is 1.83 bits per heavy atom.